The maximum atomic E-state index is 12.7. The van der Waals surface area contributed by atoms with Gasteiger partial charge in [-0.15, -0.1) is 0 Å². The minimum absolute atomic E-state index is 0.126. The monoisotopic (exact) mass is 282 g/mol. The molecule has 3 aromatic rings. The van der Waals surface area contributed by atoms with E-state index in [0.717, 1.165) is 27.9 Å². The summed E-state index contributed by atoms with van der Waals surface area (Å²) in [6.45, 7) is 4.14. The van der Waals surface area contributed by atoms with Gasteiger partial charge in [0.05, 0.1) is 5.69 Å². The molecular weight excluding hydrogens is 264 g/mol. The lowest BCUT2D eigenvalue weighted by Gasteiger charge is -2.05. The van der Waals surface area contributed by atoms with E-state index >= 15 is 0 Å². The van der Waals surface area contributed by atoms with E-state index in [2.05, 4.69) is 5.10 Å². The van der Waals surface area contributed by atoms with Crippen molar-refractivity contribution in [1.29, 1.82) is 0 Å². The number of aromatic nitrogens is 3. The molecule has 0 radical (unpaired) electrons. The highest BCUT2D eigenvalue weighted by Gasteiger charge is 2.17. The van der Waals surface area contributed by atoms with Crippen molar-refractivity contribution in [2.75, 3.05) is 0 Å². The van der Waals surface area contributed by atoms with Crippen molar-refractivity contribution in [2.45, 2.75) is 20.4 Å². The van der Waals surface area contributed by atoms with E-state index in [9.17, 15) is 4.79 Å². The van der Waals surface area contributed by atoms with Crippen LogP contribution in [0.25, 0.3) is 10.9 Å². The number of hydrogen-bond acceptors (Lipinski definition) is 3. The molecule has 1 aromatic carbocycles. The predicted molar refractivity (Wildman–Crippen MR) is 82.2 cm³/mol. The molecule has 0 amide bonds. The highest BCUT2D eigenvalue weighted by atomic mass is 16.2. The van der Waals surface area contributed by atoms with Crippen LogP contribution in [-0.4, -0.2) is 20.3 Å². The standard InChI is InChI=1S/C16H18N4O/c1-10-14(9-17)11(2)20(18-10)16(21)13-5-4-12-6-7-19(3)15(12)8-13/h4-8H,9,17H2,1-3H3. The van der Waals surface area contributed by atoms with Gasteiger partial charge >= 0.3 is 0 Å². The van der Waals surface area contributed by atoms with Crippen molar-refractivity contribution in [3.8, 4) is 0 Å². The summed E-state index contributed by atoms with van der Waals surface area (Å²) < 4.78 is 3.44. The summed E-state index contributed by atoms with van der Waals surface area (Å²) in [6, 6.07) is 7.72. The fourth-order valence-corrected chi connectivity index (χ4v) is 2.69. The smallest absolute Gasteiger partial charge is 0.278 e. The first-order valence-corrected chi connectivity index (χ1v) is 6.88. The van der Waals surface area contributed by atoms with Crippen LogP contribution in [0.5, 0.6) is 0 Å². The SMILES string of the molecule is Cc1nn(C(=O)c2ccc3ccn(C)c3c2)c(C)c1CN. The van der Waals surface area contributed by atoms with Crippen LogP contribution >= 0.6 is 0 Å². The topological polar surface area (TPSA) is 65.8 Å². The van der Waals surface area contributed by atoms with Crippen molar-refractivity contribution in [2.24, 2.45) is 12.8 Å². The van der Waals surface area contributed by atoms with Gasteiger partial charge in [0, 0.05) is 42.1 Å². The van der Waals surface area contributed by atoms with Gasteiger partial charge in [0.2, 0.25) is 0 Å². The van der Waals surface area contributed by atoms with E-state index in [1.807, 2.05) is 55.9 Å². The van der Waals surface area contributed by atoms with Crippen molar-refractivity contribution in [1.82, 2.24) is 14.3 Å². The van der Waals surface area contributed by atoms with Crippen LogP contribution in [0, 0.1) is 13.8 Å². The molecule has 0 unspecified atom stereocenters. The van der Waals surface area contributed by atoms with Gasteiger partial charge in [-0.1, -0.05) is 6.07 Å². The highest BCUT2D eigenvalue weighted by molar-refractivity contribution is 5.99. The Morgan fingerprint density at radius 3 is 2.71 bits per heavy atom. The van der Waals surface area contributed by atoms with Crippen LogP contribution < -0.4 is 5.73 Å². The van der Waals surface area contributed by atoms with Gasteiger partial charge in [-0.25, -0.2) is 4.68 Å². The van der Waals surface area contributed by atoms with Gasteiger partial charge in [-0.3, -0.25) is 4.79 Å². The third-order valence-electron chi connectivity index (χ3n) is 3.97. The van der Waals surface area contributed by atoms with Crippen LogP contribution in [0.1, 0.15) is 27.3 Å². The van der Waals surface area contributed by atoms with E-state index in [1.54, 1.807) is 0 Å². The molecule has 0 atom stereocenters. The molecule has 0 saturated carbocycles. The molecule has 2 N–H and O–H groups in total. The minimum atomic E-state index is -0.126. The molecule has 21 heavy (non-hydrogen) atoms. The predicted octanol–water partition coefficient (Wildman–Crippen LogP) is 2.14. The van der Waals surface area contributed by atoms with Crippen LogP contribution in [-0.2, 0) is 13.6 Å². The first-order chi connectivity index (χ1) is 10.0. The fraction of sp³-hybridized carbons (Fsp3) is 0.250. The largest absolute Gasteiger partial charge is 0.351 e. The minimum Gasteiger partial charge on any atom is -0.351 e. The second-order valence-electron chi connectivity index (χ2n) is 5.27. The Bertz CT molecular complexity index is 841. The number of fused-ring (bicyclic) bond motifs is 1. The third kappa shape index (κ3) is 2.06. The zero-order valence-electron chi connectivity index (χ0n) is 12.4. The molecule has 2 aromatic heterocycles. The summed E-state index contributed by atoms with van der Waals surface area (Å²) in [7, 11) is 1.96. The Morgan fingerprint density at radius 1 is 1.29 bits per heavy atom. The van der Waals surface area contributed by atoms with E-state index in [-0.39, 0.29) is 5.91 Å². The molecule has 2 heterocycles. The molecule has 0 aliphatic rings. The fourth-order valence-electron chi connectivity index (χ4n) is 2.69. The summed E-state index contributed by atoms with van der Waals surface area (Å²) in [5.74, 6) is -0.126. The third-order valence-corrected chi connectivity index (χ3v) is 3.97. The van der Waals surface area contributed by atoms with Crippen LogP contribution in [0.2, 0.25) is 0 Å². The number of nitrogens with two attached hydrogens (primary N) is 1. The second-order valence-corrected chi connectivity index (χ2v) is 5.27. The normalized spacial score (nSPS) is 11.2. The average Bonchev–Trinajstić information content (AvgIpc) is 2.98. The van der Waals surface area contributed by atoms with Gasteiger partial charge in [0.15, 0.2) is 0 Å². The van der Waals surface area contributed by atoms with Crippen LogP contribution in [0.3, 0.4) is 0 Å². The van der Waals surface area contributed by atoms with E-state index in [4.69, 9.17) is 5.73 Å². The molecule has 0 aliphatic heterocycles. The molecule has 0 saturated heterocycles. The maximum Gasteiger partial charge on any atom is 0.278 e. The number of nitrogens with zero attached hydrogens (tertiary/aromatic N) is 3. The van der Waals surface area contributed by atoms with Gasteiger partial charge in [0.1, 0.15) is 0 Å². The first kappa shape index (κ1) is 13.6. The van der Waals surface area contributed by atoms with Crippen molar-refractivity contribution in [3.63, 3.8) is 0 Å². The Labute approximate surface area is 123 Å². The number of benzene rings is 1. The number of carbonyl (C=O) groups excluding carboxylic acids is 1. The number of rotatable bonds is 2. The zero-order chi connectivity index (χ0) is 15.1. The first-order valence-electron chi connectivity index (χ1n) is 6.88. The molecular formula is C16H18N4O. The average molecular weight is 282 g/mol. The Hall–Kier alpha value is -2.40. The molecule has 0 aliphatic carbocycles. The van der Waals surface area contributed by atoms with Crippen LogP contribution in [0.4, 0.5) is 0 Å². The molecule has 0 spiro atoms. The summed E-state index contributed by atoms with van der Waals surface area (Å²) in [5, 5.41) is 5.44. The lowest BCUT2D eigenvalue weighted by atomic mass is 10.1. The van der Waals surface area contributed by atoms with E-state index < -0.39 is 0 Å². The summed E-state index contributed by atoms with van der Waals surface area (Å²) in [4.78, 5) is 12.7. The van der Waals surface area contributed by atoms with E-state index in [0.29, 0.717) is 12.1 Å². The van der Waals surface area contributed by atoms with Crippen molar-refractivity contribution < 1.29 is 4.79 Å². The summed E-state index contributed by atoms with van der Waals surface area (Å²) >= 11 is 0. The van der Waals surface area contributed by atoms with Gasteiger partial charge in [0.25, 0.3) is 5.91 Å². The molecule has 0 bridgehead atoms. The van der Waals surface area contributed by atoms with Gasteiger partial charge in [-0.05, 0) is 37.4 Å². The molecule has 0 fully saturated rings. The molecule has 3 rings (SSSR count). The lowest BCUT2D eigenvalue weighted by Crippen LogP contribution is -2.15. The summed E-state index contributed by atoms with van der Waals surface area (Å²) in [5.41, 5.74) is 9.92. The number of carbonyl (C=O) groups is 1. The Kier molecular flexibility index (Phi) is 3.14. The Morgan fingerprint density at radius 2 is 2.05 bits per heavy atom. The van der Waals surface area contributed by atoms with Crippen LogP contribution in [0.15, 0.2) is 30.5 Å². The molecule has 5 heteroatoms. The zero-order valence-corrected chi connectivity index (χ0v) is 12.4. The van der Waals surface area contributed by atoms with Crippen molar-refractivity contribution in [3.05, 3.63) is 53.0 Å². The Balaban J connectivity index is 2.10. The summed E-state index contributed by atoms with van der Waals surface area (Å²) in [6.07, 6.45) is 1.98. The second kappa shape index (κ2) is 4.86. The number of hydrogen-bond donors (Lipinski definition) is 1. The highest BCUT2D eigenvalue weighted by Crippen LogP contribution is 2.19. The molecule has 108 valence electrons. The van der Waals surface area contributed by atoms with Crippen molar-refractivity contribution >= 4 is 16.8 Å². The molecule has 5 nitrogen and oxygen atoms in total. The lowest BCUT2D eigenvalue weighted by molar-refractivity contribution is 0.0942. The van der Waals surface area contributed by atoms with E-state index in [1.165, 1.54) is 4.68 Å². The number of aryl methyl sites for hydroxylation is 2. The van der Waals surface area contributed by atoms with Gasteiger partial charge in [-0.2, -0.15) is 5.10 Å². The maximum absolute atomic E-state index is 12.7. The van der Waals surface area contributed by atoms with Gasteiger partial charge < -0.3 is 10.3 Å². The quantitative estimate of drug-likeness (QED) is 0.783.